The average Bonchev–Trinajstić information content (AvgIpc) is 3.18. The highest BCUT2D eigenvalue weighted by molar-refractivity contribution is 9.10. The molecule has 2 saturated carbocycles. The standard InChI is InChI=1S/C14H20BrN3O/c15-11-12(9-7-8-9)17-18-13(11)14(19)16-10-5-3-1-2-4-6-10/h9-10H,1-8H2,(H,16,19)(H,17,18). The van der Waals surface area contributed by atoms with Crippen molar-refractivity contribution in [1.82, 2.24) is 15.5 Å². The van der Waals surface area contributed by atoms with Crippen LogP contribution in [0.2, 0.25) is 0 Å². The third kappa shape index (κ3) is 3.02. The summed E-state index contributed by atoms with van der Waals surface area (Å²) in [5, 5.41) is 10.3. The Morgan fingerprint density at radius 1 is 1.16 bits per heavy atom. The molecule has 0 aromatic carbocycles. The van der Waals surface area contributed by atoms with Gasteiger partial charge in [-0.05, 0) is 41.6 Å². The molecule has 1 aromatic rings. The van der Waals surface area contributed by atoms with Crippen LogP contribution in [-0.2, 0) is 0 Å². The number of halogens is 1. The fraction of sp³-hybridized carbons (Fsp3) is 0.714. The highest BCUT2D eigenvalue weighted by Crippen LogP contribution is 2.42. The number of aromatic amines is 1. The molecule has 104 valence electrons. The quantitative estimate of drug-likeness (QED) is 0.835. The summed E-state index contributed by atoms with van der Waals surface area (Å²) in [6.45, 7) is 0. The first-order valence-electron chi connectivity index (χ1n) is 7.30. The second-order valence-corrected chi connectivity index (χ2v) is 6.53. The van der Waals surface area contributed by atoms with Gasteiger partial charge in [-0.1, -0.05) is 25.7 Å². The van der Waals surface area contributed by atoms with Crippen molar-refractivity contribution in [2.24, 2.45) is 0 Å². The summed E-state index contributed by atoms with van der Waals surface area (Å²) in [6, 6.07) is 0.322. The minimum Gasteiger partial charge on any atom is -0.348 e. The van der Waals surface area contributed by atoms with Crippen LogP contribution in [0.5, 0.6) is 0 Å². The number of aromatic nitrogens is 2. The van der Waals surface area contributed by atoms with Gasteiger partial charge >= 0.3 is 0 Å². The number of H-pyrrole nitrogens is 1. The summed E-state index contributed by atoms with van der Waals surface area (Å²) in [5.74, 6) is 0.531. The van der Waals surface area contributed by atoms with E-state index >= 15 is 0 Å². The van der Waals surface area contributed by atoms with E-state index in [2.05, 4.69) is 31.4 Å². The zero-order chi connectivity index (χ0) is 13.2. The van der Waals surface area contributed by atoms with Crippen LogP contribution in [0, 0.1) is 0 Å². The Morgan fingerprint density at radius 3 is 2.47 bits per heavy atom. The van der Waals surface area contributed by atoms with E-state index in [4.69, 9.17) is 0 Å². The van der Waals surface area contributed by atoms with Gasteiger partial charge in [0.1, 0.15) is 0 Å². The van der Waals surface area contributed by atoms with Crippen molar-refractivity contribution in [3.05, 3.63) is 15.9 Å². The molecule has 0 aliphatic heterocycles. The molecule has 19 heavy (non-hydrogen) atoms. The van der Waals surface area contributed by atoms with Crippen LogP contribution in [-0.4, -0.2) is 22.1 Å². The van der Waals surface area contributed by atoms with Crippen LogP contribution in [0.4, 0.5) is 0 Å². The average molecular weight is 326 g/mol. The molecule has 0 bridgehead atoms. The molecule has 2 aliphatic carbocycles. The zero-order valence-corrected chi connectivity index (χ0v) is 12.6. The van der Waals surface area contributed by atoms with Gasteiger partial charge in [0.05, 0.1) is 10.2 Å². The molecule has 0 unspecified atom stereocenters. The Hall–Kier alpha value is -0.840. The molecule has 1 aromatic heterocycles. The SMILES string of the molecule is O=C(NC1CCCCCC1)c1n[nH]c(C2CC2)c1Br. The first-order valence-corrected chi connectivity index (χ1v) is 8.09. The summed E-state index contributed by atoms with van der Waals surface area (Å²) >= 11 is 3.52. The van der Waals surface area contributed by atoms with Crippen molar-refractivity contribution in [3.63, 3.8) is 0 Å². The molecule has 0 radical (unpaired) electrons. The molecule has 0 saturated heterocycles. The van der Waals surface area contributed by atoms with Crippen molar-refractivity contribution in [2.45, 2.75) is 63.3 Å². The lowest BCUT2D eigenvalue weighted by molar-refractivity contribution is 0.0927. The van der Waals surface area contributed by atoms with E-state index in [1.807, 2.05) is 0 Å². The second-order valence-electron chi connectivity index (χ2n) is 5.74. The number of nitrogens with one attached hydrogen (secondary N) is 2. The maximum Gasteiger partial charge on any atom is 0.273 e. The molecule has 1 heterocycles. The van der Waals surface area contributed by atoms with E-state index in [-0.39, 0.29) is 5.91 Å². The third-order valence-corrected chi connectivity index (χ3v) is 4.93. The van der Waals surface area contributed by atoms with Crippen LogP contribution in [0.15, 0.2) is 4.47 Å². The van der Waals surface area contributed by atoms with E-state index in [0.29, 0.717) is 17.7 Å². The van der Waals surface area contributed by atoms with Gasteiger partial charge < -0.3 is 5.32 Å². The Balaban J connectivity index is 1.66. The Bertz CT molecular complexity index is 459. The predicted octanol–water partition coefficient (Wildman–Crippen LogP) is 3.50. The van der Waals surface area contributed by atoms with Gasteiger partial charge in [-0.15, -0.1) is 0 Å². The number of carbonyl (C=O) groups is 1. The molecule has 2 fully saturated rings. The number of carbonyl (C=O) groups excluding carboxylic acids is 1. The fourth-order valence-corrected chi connectivity index (χ4v) is 3.49. The number of hydrogen-bond donors (Lipinski definition) is 2. The number of nitrogens with zero attached hydrogens (tertiary/aromatic N) is 1. The summed E-state index contributed by atoms with van der Waals surface area (Å²) in [5.41, 5.74) is 1.61. The van der Waals surface area contributed by atoms with Gasteiger partial charge in [-0.3, -0.25) is 9.89 Å². The maximum atomic E-state index is 12.3. The molecule has 0 spiro atoms. The minimum absolute atomic E-state index is 0.0399. The topological polar surface area (TPSA) is 57.8 Å². The zero-order valence-electron chi connectivity index (χ0n) is 11.0. The van der Waals surface area contributed by atoms with Gasteiger partial charge in [0, 0.05) is 12.0 Å². The molecular weight excluding hydrogens is 306 g/mol. The normalized spacial score (nSPS) is 21.1. The largest absolute Gasteiger partial charge is 0.348 e. The second kappa shape index (κ2) is 5.65. The van der Waals surface area contributed by atoms with Gasteiger partial charge in [0.15, 0.2) is 5.69 Å². The Kier molecular flexibility index (Phi) is 3.91. The Morgan fingerprint density at radius 2 is 1.84 bits per heavy atom. The monoisotopic (exact) mass is 325 g/mol. The van der Waals surface area contributed by atoms with E-state index in [1.54, 1.807) is 0 Å². The lowest BCUT2D eigenvalue weighted by Gasteiger charge is -2.15. The van der Waals surface area contributed by atoms with Gasteiger partial charge in [0.2, 0.25) is 0 Å². The summed E-state index contributed by atoms with van der Waals surface area (Å²) in [7, 11) is 0. The summed E-state index contributed by atoms with van der Waals surface area (Å²) in [4.78, 5) is 12.3. The molecule has 0 atom stereocenters. The number of rotatable bonds is 3. The minimum atomic E-state index is -0.0399. The molecule has 5 heteroatoms. The fourth-order valence-electron chi connectivity index (χ4n) is 2.81. The van der Waals surface area contributed by atoms with E-state index in [9.17, 15) is 4.79 Å². The van der Waals surface area contributed by atoms with Crippen LogP contribution in [0.1, 0.15) is 73.5 Å². The van der Waals surface area contributed by atoms with Crippen LogP contribution < -0.4 is 5.32 Å². The van der Waals surface area contributed by atoms with Gasteiger partial charge in [-0.25, -0.2) is 0 Å². The molecule has 1 amide bonds. The Labute approximate surface area is 121 Å². The number of amides is 1. The van der Waals surface area contributed by atoms with Gasteiger partial charge in [-0.2, -0.15) is 5.10 Å². The highest BCUT2D eigenvalue weighted by Gasteiger charge is 2.30. The van der Waals surface area contributed by atoms with Crippen LogP contribution in [0.25, 0.3) is 0 Å². The van der Waals surface area contributed by atoms with E-state index in [1.165, 1.54) is 38.5 Å². The molecule has 3 rings (SSSR count). The molecular formula is C14H20BrN3O. The van der Waals surface area contributed by atoms with Crippen LogP contribution in [0.3, 0.4) is 0 Å². The first-order chi connectivity index (χ1) is 9.25. The molecule has 2 aliphatic rings. The van der Waals surface area contributed by atoms with Crippen molar-refractivity contribution in [3.8, 4) is 0 Å². The van der Waals surface area contributed by atoms with Crippen molar-refractivity contribution in [1.29, 1.82) is 0 Å². The van der Waals surface area contributed by atoms with Gasteiger partial charge in [0.25, 0.3) is 5.91 Å². The molecule has 4 nitrogen and oxygen atoms in total. The van der Waals surface area contributed by atoms with Crippen molar-refractivity contribution in [2.75, 3.05) is 0 Å². The van der Waals surface area contributed by atoms with Crippen molar-refractivity contribution >= 4 is 21.8 Å². The lowest BCUT2D eigenvalue weighted by Crippen LogP contribution is -2.34. The van der Waals surface area contributed by atoms with Crippen LogP contribution >= 0.6 is 15.9 Å². The smallest absolute Gasteiger partial charge is 0.273 e. The number of hydrogen-bond acceptors (Lipinski definition) is 2. The first kappa shape index (κ1) is 13.2. The van der Waals surface area contributed by atoms with E-state index < -0.39 is 0 Å². The lowest BCUT2D eigenvalue weighted by atomic mass is 10.1. The highest BCUT2D eigenvalue weighted by atomic mass is 79.9. The summed E-state index contributed by atoms with van der Waals surface area (Å²) < 4.78 is 0.862. The predicted molar refractivity (Wildman–Crippen MR) is 77.2 cm³/mol. The van der Waals surface area contributed by atoms with Crippen molar-refractivity contribution < 1.29 is 4.79 Å². The third-order valence-electron chi connectivity index (χ3n) is 4.12. The molecule has 2 N–H and O–H groups in total. The summed E-state index contributed by atoms with van der Waals surface area (Å²) in [6.07, 6.45) is 9.64. The maximum absolute atomic E-state index is 12.3. The van der Waals surface area contributed by atoms with E-state index in [0.717, 1.165) is 23.0 Å².